The molecule has 0 bridgehead atoms. The molecular weight excluding hydrogens is 490 g/mol. The first-order valence-corrected chi connectivity index (χ1v) is 11.4. The summed E-state index contributed by atoms with van der Waals surface area (Å²) in [5.41, 5.74) is 0.497. The van der Waals surface area contributed by atoms with Gasteiger partial charge in [0.15, 0.2) is 0 Å². The van der Waals surface area contributed by atoms with E-state index in [9.17, 15) is 14.4 Å². The molecule has 13 heteroatoms. The highest BCUT2D eigenvalue weighted by Crippen LogP contribution is 2.33. The molecule has 0 radical (unpaired) electrons. The van der Waals surface area contributed by atoms with E-state index in [0.717, 1.165) is 12.1 Å². The Morgan fingerprint density at radius 1 is 0.973 bits per heavy atom. The predicted molar refractivity (Wildman–Crippen MR) is 126 cm³/mol. The zero-order chi connectivity index (χ0) is 26.1. The number of benzene rings is 2. The van der Waals surface area contributed by atoms with E-state index < -0.39 is 36.0 Å². The van der Waals surface area contributed by atoms with Gasteiger partial charge in [0.1, 0.15) is 23.8 Å². The fourth-order valence-corrected chi connectivity index (χ4v) is 4.24. The van der Waals surface area contributed by atoms with Crippen LogP contribution in [0.4, 0.5) is 29.7 Å². The third kappa shape index (κ3) is 5.06. The molecular formula is C24H22F2N6O5. The third-order valence-corrected chi connectivity index (χ3v) is 6.01. The first-order chi connectivity index (χ1) is 17.8. The van der Waals surface area contributed by atoms with Crippen molar-refractivity contribution in [2.45, 2.75) is 25.7 Å². The Kier molecular flexibility index (Phi) is 6.42. The lowest BCUT2D eigenvalue weighted by atomic mass is 10.0. The molecule has 3 aromatic rings. The lowest BCUT2D eigenvalue weighted by Gasteiger charge is -2.16. The number of rotatable bonds is 7. The lowest BCUT2D eigenvalue weighted by Crippen LogP contribution is -2.33. The van der Waals surface area contributed by atoms with Crippen LogP contribution in [0.15, 0.2) is 48.8 Å². The molecule has 0 spiro atoms. The Hall–Kier alpha value is -4.55. The van der Waals surface area contributed by atoms with Gasteiger partial charge >= 0.3 is 12.2 Å². The number of nitrogens with one attached hydrogen (secondary N) is 1. The van der Waals surface area contributed by atoms with E-state index in [1.807, 2.05) is 0 Å². The zero-order valence-corrected chi connectivity index (χ0v) is 19.6. The number of aromatic nitrogens is 3. The Bertz CT molecular complexity index is 1350. The van der Waals surface area contributed by atoms with Crippen LogP contribution < -0.4 is 15.1 Å². The van der Waals surface area contributed by atoms with Gasteiger partial charge in [0.25, 0.3) is 0 Å². The van der Waals surface area contributed by atoms with Crippen molar-refractivity contribution in [3.8, 4) is 11.1 Å². The number of ether oxygens (including phenoxy) is 2. The Morgan fingerprint density at radius 3 is 2.05 bits per heavy atom. The summed E-state index contributed by atoms with van der Waals surface area (Å²) in [6.45, 7) is 2.11. The van der Waals surface area contributed by atoms with E-state index in [2.05, 4.69) is 15.6 Å². The van der Waals surface area contributed by atoms with E-state index in [1.165, 1.54) is 51.9 Å². The molecule has 2 aliphatic heterocycles. The fourth-order valence-electron chi connectivity index (χ4n) is 4.24. The fraction of sp³-hybridized carbons (Fsp3) is 0.292. The Balaban J connectivity index is 1.29. The third-order valence-electron chi connectivity index (χ3n) is 6.01. The monoisotopic (exact) mass is 512 g/mol. The summed E-state index contributed by atoms with van der Waals surface area (Å²) in [6, 6.07) is 8.02. The van der Waals surface area contributed by atoms with Crippen LogP contribution >= 0.6 is 0 Å². The normalized spacial score (nSPS) is 19.2. The Labute approximate surface area is 209 Å². The molecule has 192 valence electrons. The van der Waals surface area contributed by atoms with Gasteiger partial charge in [-0.05, 0) is 36.4 Å². The van der Waals surface area contributed by atoms with Crippen molar-refractivity contribution < 1.29 is 32.6 Å². The molecule has 2 aromatic carbocycles. The number of halogens is 2. The highest BCUT2D eigenvalue weighted by molar-refractivity contribution is 5.91. The molecule has 0 saturated carbocycles. The number of cyclic esters (lactones) is 2. The number of hydrogen-bond acceptors (Lipinski definition) is 7. The molecule has 2 aliphatic rings. The maximum absolute atomic E-state index is 15.1. The number of carbonyl (C=O) groups is 3. The Morgan fingerprint density at radius 2 is 1.54 bits per heavy atom. The van der Waals surface area contributed by atoms with Gasteiger partial charge in [-0.1, -0.05) is 5.21 Å². The molecule has 2 fully saturated rings. The molecule has 11 nitrogen and oxygen atoms in total. The van der Waals surface area contributed by atoms with Gasteiger partial charge in [-0.2, -0.15) is 0 Å². The first kappa shape index (κ1) is 24.2. The molecule has 5 rings (SSSR count). The second-order valence-corrected chi connectivity index (χ2v) is 8.62. The summed E-state index contributed by atoms with van der Waals surface area (Å²) in [4.78, 5) is 38.2. The summed E-state index contributed by atoms with van der Waals surface area (Å²) >= 11 is 0. The van der Waals surface area contributed by atoms with E-state index in [4.69, 9.17) is 9.47 Å². The lowest BCUT2D eigenvalue weighted by molar-refractivity contribution is -0.119. The van der Waals surface area contributed by atoms with Crippen LogP contribution in [0.1, 0.15) is 6.92 Å². The van der Waals surface area contributed by atoms with Crippen molar-refractivity contribution in [3.63, 3.8) is 0 Å². The number of amides is 3. The van der Waals surface area contributed by atoms with Gasteiger partial charge in [0.05, 0.1) is 43.8 Å². The second-order valence-electron chi connectivity index (χ2n) is 8.62. The smallest absolute Gasteiger partial charge is 0.414 e. The van der Waals surface area contributed by atoms with E-state index in [-0.39, 0.29) is 48.0 Å². The average Bonchev–Trinajstić information content (AvgIpc) is 3.59. The number of carbonyl (C=O) groups excluding carboxylic acids is 3. The second kappa shape index (κ2) is 9.84. The van der Waals surface area contributed by atoms with Gasteiger partial charge in [-0.25, -0.2) is 23.1 Å². The molecule has 1 N–H and O–H groups in total. The van der Waals surface area contributed by atoms with Crippen molar-refractivity contribution in [3.05, 3.63) is 60.4 Å². The summed E-state index contributed by atoms with van der Waals surface area (Å²) in [5, 5.41) is 10.1. The molecule has 2 atom stereocenters. The minimum atomic E-state index is -0.740. The van der Waals surface area contributed by atoms with Crippen molar-refractivity contribution in [2.75, 3.05) is 29.4 Å². The van der Waals surface area contributed by atoms with Crippen LogP contribution in [0, 0.1) is 11.6 Å². The van der Waals surface area contributed by atoms with Gasteiger partial charge in [0, 0.05) is 24.2 Å². The SMILES string of the molecule is CC(=O)NC[C@H]1CN(c2ccc(-c3ccc(N4C[C@@H](Cn5ccnn5)OC4=O)cc3F)c(F)c2)C(=O)O1. The standard InChI is InChI=1S/C24H22F2N6O5/c1-14(33)27-10-17-12-31(23(34)36-17)15-2-4-19(21(25)8-15)20-5-3-16(9-22(20)26)32-13-18(37-24(32)35)11-30-7-6-28-29-30/h2-9,17-18H,10-13H2,1H3,(H,27,33)/t17-,18+/m0/s1. The summed E-state index contributed by atoms with van der Waals surface area (Å²) < 4.78 is 42.2. The quantitative estimate of drug-likeness (QED) is 0.517. The van der Waals surface area contributed by atoms with Crippen molar-refractivity contribution >= 4 is 29.5 Å². The largest absolute Gasteiger partial charge is 0.442 e. The predicted octanol–water partition coefficient (Wildman–Crippen LogP) is 2.71. The number of anilines is 2. The molecule has 3 heterocycles. The number of hydrogen-bond donors (Lipinski definition) is 1. The van der Waals surface area contributed by atoms with Crippen LogP contribution in [-0.4, -0.2) is 64.9 Å². The van der Waals surface area contributed by atoms with Gasteiger partial charge < -0.3 is 14.8 Å². The molecule has 2 saturated heterocycles. The summed E-state index contributed by atoms with van der Waals surface area (Å²) in [6.07, 6.45) is 0.798. The van der Waals surface area contributed by atoms with Crippen LogP contribution in [0.25, 0.3) is 11.1 Å². The van der Waals surface area contributed by atoms with Crippen LogP contribution in [0.2, 0.25) is 0 Å². The van der Waals surface area contributed by atoms with Gasteiger partial charge in [-0.15, -0.1) is 5.10 Å². The van der Waals surface area contributed by atoms with Gasteiger partial charge in [-0.3, -0.25) is 14.6 Å². The highest BCUT2D eigenvalue weighted by atomic mass is 19.1. The zero-order valence-electron chi connectivity index (χ0n) is 19.6. The molecule has 0 aliphatic carbocycles. The van der Waals surface area contributed by atoms with Crippen molar-refractivity contribution in [2.24, 2.45) is 0 Å². The van der Waals surface area contributed by atoms with E-state index in [1.54, 1.807) is 6.20 Å². The van der Waals surface area contributed by atoms with Gasteiger partial charge in [0.2, 0.25) is 5.91 Å². The molecule has 1 aromatic heterocycles. The molecule has 37 heavy (non-hydrogen) atoms. The average molecular weight is 512 g/mol. The summed E-state index contributed by atoms with van der Waals surface area (Å²) in [5.74, 6) is -1.73. The number of nitrogens with zero attached hydrogens (tertiary/aromatic N) is 5. The molecule has 0 unspecified atom stereocenters. The maximum atomic E-state index is 15.1. The minimum Gasteiger partial charge on any atom is -0.442 e. The highest BCUT2D eigenvalue weighted by Gasteiger charge is 2.34. The van der Waals surface area contributed by atoms with E-state index in [0.29, 0.717) is 6.54 Å². The summed E-state index contributed by atoms with van der Waals surface area (Å²) in [7, 11) is 0. The van der Waals surface area contributed by atoms with E-state index >= 15 is 8.78 Å². The first-order valence-electron chi connectivity index (χ1n) is 11.4. The molecule has 3 amide bonds. The van der Waals surface area contributed by atoms with Crippen LogP contribution in [0.5, 0.6) is 0 Å². The topological polar surface area (TPSA) is 119 Å². The van der Waals surface area contributed by atoms with Crippen LogP contribution in [-0.2, 0) is 20.8 Å². The van der Waals surface area contributed by atoms with Crippen LogP contribution in [0.3, 0.4) is 0 Å². The maximum Gasteiger partial charge on any atom is 0.414 e. The van der Waals surface area contributed by atoms with Crippen molar-refractivity contribution in [1.82, 2.24) is 20.3 Å². The minimum absolute atomic E-state index is 0.00735. The van der Waals surface area contributed by atoms with Crippen molar-refractivity contribution in [1.29, 1.82) is 0 Å².